The third-order valence-corrected chi connectivity index (χ3v) is 3.30. The van der Waals surface area contributed by atoms with Gasteiger partial charge < -0.3 is 9.47 Å². The van der Waals surface area contributed by atoms with Crippen LogP contribution in [0.4, 0.5) is 0 Å². The Morgan fingerprint density at radius 1 is 1.21 bits per heavy atom. The molecule has 0 saturated heterocycles. The molecule has 0 spiro atoms. The maximum Gasteiger partial charge on any atom is 0.337 e. The van der Waals surface area contributed by atoms with Crippen molar-refractivity contribution < 1.29 is 14.3 Å². The Kier molecular flexibility index (Phi) is 7.01. The molecule has 0 saturated carbocycles. The Bertz CT molecular complexity index is 370. The molecule has 19 heavy (non-hydrogen) atoms. The maximum atomic E-state index is 11.3. The molecule has 0 N–H and O–H groups in total. The molecule has 3 nitrogen and oxygen atoms in total. The van der Waals surface area contributed by atoms with Crippen LogP contribution in [-0.4, -0.2) is 19.7 Å². The number of unbranched alkanes of at least 4 members (excludes halogenated alkanes) is 1. The second kappa shape index (κ2) is 8.57. The molecule has 0 amide bonds. The van der Waals surface area contributed by atoms with E-state index in [0.29, 0.717) is 11.5 Å². The molecule has 1 aromatic rings. The standard InChI is InChI=1S/C16H24O3/c1-4-6-7-13(5-2)12-19-15-10-8-14(9-11-15)16(17)18-3/h8-11,13H,4-7,12H2,1-3H3. The highest BCUT2D eigenvalue weighted by molar-refractivity contribution is 5.89. The van der Waals surface area contributed by atoms with Gasteiger partial charge in [0.25, 0.3) is 0 Å². The Balaban J connectivity index is 2.46. The lowest BCUT2D eigenvalue weighted by Crippen LogP contribution is -2.11. The number of benzene rings is 1. The van der Waals surface area contributed by atoms with Gasteiger partial charge in [-0.05, 0) is 36.6 Å². The van der Waals surface area contributed by atoms with E-state index in [1.807, 2.05) is 12.1 Å². The average Bonchev–Trinajstić information content (AvgIpc) is 2.47. The van der Waals surface area contributed by atoms with Crippen molar-refractivity contribution in [2.45, 2.75) is 39.5 Å². The van der Waals surface area contributed by atoms with E-state index in [4.69, 9.17) is 4.74 Å². The number of hydrogen-bond acceptors (Lipinski definition) is 3. The predicted octanol–water partition coefficient (Wildman–Crippen LogP) is 4.07. The van der Waals surface area contributed by atoms with Gasteiger partial charge in [0.15, 0.2) is 0 Å². The fourth-order valence-electron chi connectivity index (χ4n) is 1.92. The molecular weight excluding hydrogens is 240 g/mol. The number of carbonyl (C=O) groups excluding carboxylic acids is 1. The molecule has 1 unspecified atom stereocenters. The molecular formula is C16H24O3. The van der Waals surface area contributed by atoms with Crippen molar-refractivity contribution in [3.63, 3.8) is 0 Å². The summed E-state index contributed by atoms with van der Waals surface area (Å²) in [5.41, 5.74) is 0.549. The summed E-state index contributed by atoms with van der Waals surface area (Å²) in [7, 11) is 1.38. The highest BCUT2D eigenvalue weighted by atomic mass is 16.5. The molecule has 1 aromatic carbocycles. The van der Waals surface area contributed by atoms with Crippen LogP contribution in [0.3, 0.4) is 0 Å². The summed E-state index contributed by atoms with van der Waals surface area (Å²) in [6.07, 6.45) is 4.83. The van der Waals surface area contributed by atoms with E-state index in [1.165, 1.54) is 26.4 Å². The Morgan fingerprint density at radius 2 is 1.89 bits per heavy atom. The van der Waals surface area contributed by atoms with Gasteiger partial charge in [-0.2, -0.15) is 0 Å². The molecule has 1 atom stereocenters. The molecule has 0 radical (unpaired) electrons. The maximum absolute atomic E-state index is 11.3. The van der Waals surface area contributed by atoms with Gasteiger partial charge in [0.05, 0.1) is 19.3 Å². The normalized spacial score (nSPS) is 11.9. The smallest absolute Gasteiger partial charge is 0.337 e. The van der Waals surface area contributed by atoms with Gasteiger partial charge >= 0.3 is 5.97 Å². The number of hydrogen-bond donors (Lipinski definition) is 0. The average molecular weight is 264 g/mol. The van der Waals surface area contributed by atoms with E-state index in [2.05, 4.69) is 18.6 Å². The van der Waals surface area contributed by atoms with Crippen molar-refractivity contribution in [2.24, 2.45) is 5.92 Å². The van der Waals surface area contributed by atoms with Gasteiger partial charge in [0.2, 0.25) is 0 Å². The number of ether oxygens (including phenoxy) is 2. The summed E-state index contributed by atoms with van der Waals surface area (Å²) in [4.78, 5) is 11.3. The van der Waals surface area contributed by atoms with Crippen LogP contribution >= 0.6 is 0 Å². The summed E-state index contributed by atoms with van der Waals surface area (Å²) in [5.74, 6) is 1.10. The van der Waals surface area contributed by atoms with Crippen molar-refractivity contribution >= 4 is 5.97 Å². The van der Waals surface area contributed by atoms with Crippen LogP contribution in [-0.2, 0) is 4.74 Å². The van der Waals surface area contributed by atoms with Crippen LogP contribution in [0.1, 0.15) is 49.9 Å². The first-order valence-electron chi connectivity index (χ1n) is 7.02. The minimum atomic E-state index is -0.319. The Labute approximate surface area is 115 Å². The molecule has 1 rings (SSSR count). The summed E-state index contributed by atoms with van der Waals surface area (Å²) in [6.45, 7) is 5.15. The number of methoxy groups -OCH3 is 1. The molecule has 0 fully saturated rings. The van der Waals surface area contributed by atoms with Crippen molar-refractivity contribution in [3.8, 4) is 5.75 Å². The van der Waals surface area contributed by atoms with Gasteiger partial charge in [0.1, 0.15) is 5.75 Å². The topological polar surface area (TPSA) is 35.5 Å². The monoisotopic (exact) mass is 264 g/mol. The molecule has 0 aliphatic carbocycles. The predicted molar refractivity (Wildman–Crippen MR) is 76.6 cm³/mol. The Hall–Kier alpha value is -1.51. The number of carbonyl (C=O) groups is 1. The Morgan fingerprint density at radius 3 is 2.42 bits per heavy atom. The van der Waals surface area contributed by atoms with Crippen LogP contribution in [0, 0.1) is 5.92 Å². The van der Waals surface area contributed by atoms with Gasteiger partial charge in [-0.1, -0.05) is 33.1 Å². The minimum absolute atomic E-state index is 0.319. The molecule has 0 aliphatic heterocycles. The van der Waals surface area contributed by atoms with Gasteiger partial charge in [0, 0.05) is 0 Å². The quantitative estimate of drug-likeness (QED) is 0.664. The SMILES string of the molecule is CCCCC(CC)COc1ccc(C(=O)OC)cc1. The van der Waals surface area contributed by atoms with E-state index >= 15 is 0 Å². The zero-order chi connectivity index (χ0) is 14.1. The van der Waals surface area contributed by atoms with Gasteiger partial charge in [-0.25, -0.2) is 4.79 Å². The van der Waals surface area contributed by atoms with Crippen molar-refractivity contribution in [1.82, 2.24) is 0 Å². The van der Waals surface area contributed by atoms with E-state index in [9.17, 15) is 4.79 Å². The summed E-state index contributed by atoms with van der Waals surface area (Å²) in [6, 6.07) is 7.10. The third kappa shape index (κ3) is 5.33. The first-order chi connectivity index (χ1) is 9.21. The van der Waals surface area contributed by atoms with Crippen molar-refractivity contribution in [1.29, 1.82) is 0 Å². The lowest BCUT2D eigenvalue weighted by Gasteiger charge is -2.15. The van der Waals surface area contributed by atoms with E-state index in [-0.39, 0.29) is 5.97 Å². The van der Waals surface area contributed by atoms with Crippen molar-refractivity contribution in [3.05, 3.63) is 29.8 Å². The lowest BCUT2D eigenvalue weighted by atomic mass is 10.0. The van der Waals surface area contributed by atoms with Gasteiger partial charge in [-0.3, -0.25) is 0 Å². The highest BCUT2D eigenvalue weighted by Crippen LogP contribution is 2.17. The number of esters is 1. The van der Waals surface area contributed by atoms with E-state index < -0.39 is 0 Å². The first-order valence-corrected chi connectivity index (χ1v) is 7.02. The van der Waals surface area contributed by atoms with Crippen LogP contribution < -0.4 is 4.74 Å². The molecule has 3 heteroatoms. The summed E-state index contributed by atoms with van der Waals surface area (Å²) >= 11 is 0. The fraction of sp³-hybridized carbons (Fsp3) is 0.562. The van der Waals surface area contributed by atoms with Crippen LogP contribution in [0.2, 0.25) is 0 Å². The van der Waals surface area contributed by atoms with Crippen molar-refractivity contribution in [2.75, 3.05) is 13.7 Å². The zero-order valence-electron chi connectivity index (χ0n) is 12.1. The van der Waals surface area contributed by atoms with E-state index in [1.54, 1.807) is 12.1 Å². The van der Waals surface area contributed by atoms with E-state index in [0.717, 1.165) is 18.8 Å². The van der Waals surface area contributed by atoms with Crippen LogP contribution in [0.15, 0.2) is 24.3 Å². The van der Waals surface area contributed by atoms with Gasteiger partial charge in [-0.15, -0.1) is 0 Å². The molecule has 0 aromatic heterocycles. The summed E-state index contributed by atoms with van der Waals surface area (Å²) in [5, 5.41) is 0. The lowest BCUT2D eigenvalue weighted by molar-refractivity contribution is 0.0600. The molecule has 106 valence electrons. The largest absolute Gasteiger partial charge is 0.493 e. The van der Waals surface area contributed by atoms with Crippen LogP contribution in [0.5, 0.6) is 5.75 Å². The highest BCUT2D eigenvalue weighted by Gasteiger charge is 2.08. The second-order valence-electron chi connectivity index (χ2n) is 4.74. The zero-order valence-corrected chi connectivity index (χ0v) is 12.1. The fourth-order valence-corrected chi connectivity index (χ4v) is 1.92. The molecule has 0 bridgehead atoms. The summed E-state index contributed by atoms with van der Waals surface area (Å²) < 4.78 is 10.4. The molecule has 0 heterocycles. The molecule has 0 aliphatic rings. The number of rotatable bonds is 8. The minimum Gasteiger partial charge on any atom is -0.493 e. The second-order valence-corrected chi connectivity index (χ2v) is 4.74. The third-order valence-electron chi connectivity index (χ3n) is 3.30. The first kappa shape index (κ1) is 15.5. The van der Waals surface area contributed by atoms with Crippen LogP contribution in [0.25, 0.3) is 0 Å².